The largest absolute Gasteiger partial charge is 0.481 e. The highest BCUT2D eigenvalue weighted by Crippen LogP contribution is 2.07. The van der Waals surface area contributed by atoms with Gasteiger partial charge in [0.1, 0.15) is 12.1 Å². The molecule has 1 rings (SSSR count). The molecule has 1 aliphatic heterocycles. The van der Waals surface area contributed by atoms with Crippen LogP contribution in [0.5, 0.6) is 0 Å². The average Bonchev–Trinajstić information content (AvgIpc) is 3.14. The van der Waals surface area contributed by atoms with E-state index in [0.29, 0.717) is 19.4 Å². The topological polar surface area (TPSA) is 207 Å². The number of nitrogens with one attached hydrogen (secondary N) is 5. The van der Waals surface area contributed by atoms with Crippen LogP contribution >= 0.6 is 0 Å². The SMILES string of the molecule is N=C(N)NCCC[C@H](NC(=O)[C@H](CCC(=O)O)NC(=O)[C@@H]1CCCN1)C(=O)O. The molecule has 12 heteroatoms. The highest BCUT2D eigenvalue weighted by atomic mass is 16.4. The van der Waals surface area contributed by atoms with Gasteiger partial charge in [-0.15, -0.1) is 0 Å². The van der Waals surface area contributed by atoms with Crippen LogP contribution in [0.25, 0.3) is 0 Å². The second-order valence-electron chi connectivity index (χ2n) is 6.52. The first-order valence-corrected chi connectivity index (χ1v) is 9.07. The Balaban J connectivity index is 2.66. The molecule has 0 bridgehead atoms. The van der Waals surface area contributed by atoms with E-state index in [2.05, 4.69) is 21.3 Å². The van der Waals surface area contributed by atoms with Crippen molar-refractivity contribution in [3.63, 3.8) is 0 Å². The van der Waals surface area contributed by atoms with Gasteiger partial charge in [-0.05, 0) is 38.6 Å². The molecule has 158 valence electrons. The summed E-state index contributed by atoms with van der Waals surface area (Å²) in [6.07, 6.45) is 1.33. The van der Waals surface area contributed by atoms with Gasteiger partial charge in [-0.25, -0.2) is 4.79 Å². The van der Waals surface area contributed by atoms with Gasteiger partial charge in [0.2, 0.25) is 11.8 Å². The molecule has 0 aromatic heterocycles. The van der Waals surface area contributed by atoms with E-state index >= 15 is 0 Å². The minimum atomic E-state index is -1.25. The van der Waals surface area contributed by atoms with Gasteiger partial charge in [0.25, 0.3) is 0 Å². The van der Waals surface area contributed by atoms with E-state index in [-0.39, 0.29) is 31.8 Å². The van der Waals surface area contributed by atoms with E-state index in [0.717, 1.165) is 6.42 Å². The molecule has 28 heavy (non-hydrogen) atoms. The van der Waals surface area contributed by atoms with Crippen molar-refractivity contribution in [1.82, 2.24) is 21.3 Å². The minimum absolute atomic E-state index is 0.0745. The Morgan fingerprint density at radius 1 is 1.14 bits per heavy atom. The van der Waals surface area contributed by atoms with Crippen molar-refractivity contribution in [2.75, 3.05) is 13.1 Å². The lowest BCUT2D eigenvalue weighted by molar-refractivity contribution is -0.143. The van der Waals surface area contributed by atoms with Crippen LogP contribution in [0.2, 0.25) is 0 Å². The maximum atomic E-state index is 12.5. The van der Waals surface area contributed by atoms with Crippen LogP contribution < -0.4 is 27.0 Å². The fraction of sp³-hybridized carbons (Fsp3) is 0.688. The van der Waals surface area contributed by atoms with E-state index in [1.165, 1.54) is 0 Å². The Morgan fingerprint density at radius 2 is 1.86 bits per heavy atom. The number of rotatable bonds is 12. The van der Waals surface area contributed by atoms with Crippen molar-refractivity contribution < 1.29 is 29.4 Å². The number of carboxylic acid groups (broad SMARTS) is 2. The van der Waals surface area contributed by atoms with Gasteiger partial charge in [0.05, 0.1) is 6.04 Å². The number of carbonyl (C=O) groups excluding carboxylic acids is 2. The van der Waals surface area contributed by atoms with Gasteiger partial charge < -0.3 is 37.2 Å². The lowest BCUT2D eigenvalue weighted by Gasteiger charge is -2.22. The van der Waals surface area contributed by atoms with Gasteiger partial charge in [-0.1, -0.05) is 0 Å². The van der Waals surface area contributed by atoms with Gasteiger partial charge >= 0.3 is 11.9 Å². The van der Waals surface area contributed by atoms with E-state index in [1.54, 1.807) is 0 Å². The molecule has 9 N–H and O–H groups in total. The lowest BCUT2D eigenvalue weighted by Crippen LogP contribution is -2.54. The van der Waals surface area contributed by atoms with Crippen LogP contribution in [0.4, 0.5) is 0 Å². The molecule has 12 nitrogen and oxygen atoms in total. The highest BCUT2D eigenvalue weighted by molar-refractivity contribution is 5.92. The Morgan fingerprint density at radius 3 is 2.39 bits per heavy atom. The monoisotopic (exact) mass is 400 g/mol. The fourth-order valence-electron chi connectivity index (χ4n) is 2.78. The summed E-state index contributed by atoms with van der Waals surface area (Å²) in [5, 5.41) is 35.6. The molecule has 1 fully saturated rings. The molecule has 1 saturated heterocycles. The number of aliphatic carboxylic acids is 2. The van der Waals surface area contributed by atoms with Crippen molar-refractivity contribution in [1.29, 1.82) is 5.41 Å². The highest BCUT2D eigenvalue weighted by Gasteiger charge is 2.30. The van der Waals surface area contributed by atoms with Crippen molar-refractivity contribution in [3.8, 4) is 0 Å². The summed E-state index contributed by atoms with van der Waals surface area (Å²) >= 11 is 0. The van der Waals surface area contributed by atoms with Crippen molar-refractivity contribution >= 4 is 29.7 Å². The van der Waals surface area contributed by atoms with Gasteiger partial charge in [-0.2, -0.15) is 0 Å². The van der Waals surface area contributed by atoms with Crippen LogP contribution in [0.1, 0.15) is 38.5 Å². The van der Waals surface area contributed by atoms with Crippen molar-refractivity contribution in [2.45, 2.75) is 56.7 Å². The summed E-state index contributed by atoms with van der Waals surface area (Å²) in [4.78, 5) is 47.0. The summed E-state index contributed by atoms with van der Waals surface area (Å²) < 4.78 is 0. The van der Waals surface area contributed by atoms with Crippen LogP contribution in [0, 0.1) is 5.41 Å². The Hall–Kier alpha value is -2.89. The number of nitrogens with two attached hydrogens (primary N) is 1. The predicted molar refractivity (Wildman–Crippen MR) is 98.5 cm³/mol. The first-order valence-electron chi connectivity index (χ1n) is 9.07. The fourth-order valence-corrected chi connectivity index (χ4v) is 2.78. The quantitative estimate of drug-likeness (QED) is 0.103. The third kappa shape index (κ3) is 8.66. The third-order valence-corrected chi connectivity index (χ3v) is 4.26. The maximum absolute atomic E-state index is 12.5. The normalized spacial score (nSPS) is 17.9. The Kier molecular flexibility index (Phi) is 9.71. The maximum Gasteiger partial charge on any atom is 0.326 e. The van der Waals surface area contributed by atoms with Gasteiger partial charge in [0, 0.05) is 13.0 Å². The number of hydrogen-bond donors (Lipinski definition) is 8. The van der Waals surface area contributed by atoms with E-state index < -0.39 is 41.9 Å². The van der Waals surface area contributed by atoms with Crippen LogP contribution in [-0.4, -0.2) is 71.1 Å². The standard InChI is InChI=1S/C16H28N6O6/c17-16(18)20-8-2-4-11(15(27)28)22-14(26)10(5-6-12(23)24)21-13(25)9-3-1-7-19-9/h9-11,19H,1-8H2,(H,21,25)(H,22,26)(H,23,24)(H,27,28)(H4,17,18,20)/t9-,10-,11-/m0/s1. The summed E-state index contributed by atoms with van der Waals surface area (Å²) in [5.74, 6) is -3.79. The average molecular weight is 400 g/mol. The van der Waals surface area contributed by atoms with Gasteiger partial charge in [-0.3, -0.25) is 19.8 Å². The van der Waals surface area contributed by atoms with E-state index in [1.807, 2.05) is 0 Å². The summed E-state index contributed by atoms with van der Waals surface area (Å²) in [6.45, 7) is 0.945. The lowest BCUT2D eigenvalue weighted by atomic mass is 10.1. The molecule has 0 spiro atoms. The zero-order valence-corrected chi connectivity index (χ0v) is 15.5. The molecule has 0 aliphatic carbocycles. The number of hydrogen-bond acceptors (Lipinski definition) is 6. The molecular weight excluding hydrogens is 372 g/mol. The molecule has 2 amide bonds. The third-order valence-electron chi connectivity index (χ3n) is 4.26. The number of carboxylic acids is 2. The molecule has 0 saturated carbocycles. The van der Waals surface area contributed by atoms with E-state index in [9.17, 15) is 24.3 Å². The van der Waals surface area contributed by atoms with Crippen molar-refractivity contribution in [3.05, 3.63) is 0 Å². The van der Waals surface area contributed by atoms with Crippen LogP contribution in [0.3, 0.4) is 0 Å². The molecule has 1 aliphatic rings. The first-order chi connectivity index (χ1) is 13.2. The predicted octanol–water partition coefficient (Wildman–Crippen LogP) is -2.08. The number of carbonyl (C=O) groups is 4. The Labute approximate surface area is 162 Å². The second-order valence-corrected chi connectivity index (χ2v) is 6.52. The first kappa shape index (κ1) is 23.1. The second kappa shape index (κ2) is 11.7. The smallest absolute Gasteiger partial charge is 0.326 e. The molecule has 1 heterocycles. The molecule has 0 unspecified atom stereocenters. The summed E-state index contributed by atoms with van der Waals surface area (Å²) in [5.41, 5.74) is 5.14. The molecule has 0 radical (unpaired) electrons. The minimum Gasteiger partial charge on any atom is -0.481 e. The summed E-state index contributed by atoms with van der Waals surface area (Å²) in [7, 11) is 0. The zero-order chi connectivity index (χ0) is 21.1. The van der Waals surface area contributed by atoms with Crippen LogP contribution in [-0.2, 0) is 19.2 Å². The molecule has 0 aromatic carbocycles. The summed E-state index contributed by atoms with van der Waals surface area (Å²) in [6, 6.07) is -2.81. The zero-order valence-electron chi connectivity index (χ0n) is 15.5. The number of guanidine groups is 1. The molecule has 0 aromatic rings. The molecular formula is C16H28N6O6. The Bertz CT molecular complexity index is 592. The number of amides is 2. The van der Waals surface area contributed by atoms with Crippen LogP contribution in [0.15, 0.2) is 0 Å². The van der Waals surface area contributed by atoms with Gasteiger partial charge in [0.15, 0.2) is 5.96 Å². The molecule has 3 atom stereocenters. The van der Waals surface area contributed by atoms with Crippen molar-refractivity contribution in [2.24, 2.45) is 5.73 Å². The van der Waals surface area contributed by atoms with E-state index in [4.69, 9.17) is 16.2 Å².